The lowest BCUT2D eigenvalue weighted by molar-refractivity contribution is -0.127. The van der Waals surface area contributed by atoms with E-state index in [-0.39, 0.29) is 29.9 Å². The fraction of sp³-hybridized carbons (Fsp3) is 0.727. The van der Waals surface area contributed by atoms with Crippen molar-refractivity contribution in [3.8, 4) is 0 Å². The Bertz CT molecular complexity index is 742. The zero-order chi connectivity index (χ0) is 21.1. The van der Waals surface area contributed by atoms with Crippen molar-refractivity contribution in [2.75, 3.05) is 19.6 Å². The summed E-state index contributed by atoms with van der Waals surface area (Å²) in [6.07, 6.45) is 10.5. The van der Waals surface area contributed by atoms with Crippen molar-refractivity contribution in [3.05, 3.63) is 23.8 Å². The van der Waals surface area contributed by atoms with E-state index in [1.54, 1.807) is 6.20 Å². The van der Waals surface area contributed by atoms with Crippen molar-refractivity contribution < 1.29 is 14.7 Å². The molecule has 3 heterocycles. The predicted molar refractivity (Wildman–Crippen MR) is 112 cm³/mol. The Morgan fingerprint density at radius 1 is 1.07 bits per heavy atom. The van der Waals surface area contributed by atoms with Crippen LogP contribution in [0.25, 0.3) is 0 Å². The number of aliphatic hydroxyl groups excluding tert-OH is 1. The third-order valence-electron chi connectivity index (χ3n) is 6.79. The van der Waals surface area contributed by atoms with Crippen LogP contribution in [0.5, 0.6) is 0 Å². The average Bonchev–Trinajstić information content (AvgIpc) is 3.16. The molecule has 4 rings (SSSR count). The van der Waals surface area contributed by atoms with Gasteiger partial charge in [0.25, 0.3) is 5.91 Å². The monoisotopic (exact) mass is 415 g/mol. The molecule has 0 unspecified atom stereocenters. The molecule has 0 aromatic carbocycles. The van der Waals surface area contributed by atoms with Gasteiger partial charge < -0.3 is 15.3 Å². The van der Waals surface area contributed by atoms with E-state index >= 15 is 0 Å². The summed E-state index contributed by atoms with van der Waals surface area (Å²) in [4.78, 5) is 38.0. The number of piperidine rings is 1. The number of β-amino-alcohol motifs (C(OH)–C–C–N with tert-alkyl or cyclic N) is 1. The molecule has 8 nitrogen and oxygen atoms in total. The standard InChI is InChI=1S/C22H33N5O3/c1-15-12-24-19(13-23-15)22(30)26-9-7-17(8-10-26)27-14-18(28)11-20(27)21(29)25-16-5-3-2-4-6-16/h12-13,16-18,20,28H,2-11,14H2,1H3,(H,25,29)/t18-,20+/m1/s1. The van der Waals surface area contributed by atoms with E-state index in [4.69, 9.17) is 0 Å². The van der Waals surface area contributed by atoms with Crippen molar-refractivity contribution in [2.24, 2.45) is 0 Å². The first-order chi connectivity index (χ1) is 14.5. The van der Waals surface area contributed by atoms with Crippen LogP contribution in [0.4, 0.5) is 0 Å². The normalized spacial score (nSPS) is 26.7. The lowest BCUT2D eigenvalue weighted by Crippen LogP contribution is -2.53. The molecule has 3 aliphatic rings. The van der Waals surface area contributed by atoms with E-state index in [1.165, 1.54) is 25.5 Å². The van der Waals surface area contributed by atoms with Gasteiger partial charge in [-0.3, -0.25) is 19.5 Å². The van der Waals surface area contributed by atoms with Crippen molar-refractivity contribution >= 4 is 11.8 Å². The molecule has 30 heavy (non-hydrogen) atoms. The Kier molecular flexibility index (Phi) is 6.63. The van der Waals surface area contributed by atoms with Crippen LogP contribution in [0.3, 0.4) is 0 Å². The summed E-state index contributed by atoms with van der Waals surface area (Å²) < 4.78 is 0. The second kappa shape index (κ2) is 9.39. The van der Waals surface area contributed by atoms with Crippen molar-refractivity contribution in [3.63, 3.8) is 0 Å². The number of aryl methyl sites for hydroxylation is 1. The second-order valence-electron chi connectivity index (χ2n) is 9.01. The fourth-order valence-corrected chi connectivity index (χ4v) is 5.11. The highest BCUT2D eigenvalue weighted by Gasteiger charge is 2.41. The molecule has 164 valence electrons. The maximum atomic E-state index is 13.0. The quantitative estimate of drug-likeness (QED) is 0.769. The summed E-state index contributed by atoms with van der Waals surface area (Å²) >= 11 is 0. The first-order valence-corrected chi connectivity index (χ1v) is 11.3. The van der Waals surface area contributed by atoms with Gasteiger partial charge in [-0.2, -0.15) is 0 Å². The molecule has 1 aromatic heterocycles. The van der Waals surface area contributed by atoms with Gasteiger partial charge in [0.1, 0.15) is 5.69 Å². The van der Waals surface area contributed by atoms with E-state index in [0.29, 0.717) is 31.7 Å². The van der Waals surface area contributed by atoms with Crippen LogP contribution in [0.15, 0.2) is 12.4 Å². The first kappa shape index (κ1) is 21.2. The van der Waals surface area contributed by atoms with Gasteiger partial charge in [-0.05, 0) is 39.0 Å². The van der Waals surface area contributed by atoms with E-state index in [1.807, 2.05) is 11.8 Å². The number of likely N-dealkylation sites (tertiary alicyclic amines) is 2. The van der Waals surface area contributed by atoms with Crippen LogP contribution in [0.2, 0.25) is 0 Å². The molecule has 2 aliphatic heterocycles. The third kappa shape index (κ3) is 4.81. The van der Waals surface area contributed by atoms with Gasteiger partial charge in [0.15, 0.2) is 0 Å². The van der Waals surface area contributed by atoms with Crippen LogP contribution in [-0.4, -0.2) is 80.6 Å². The molecular weight excluding hydrogens is 382 g/mol. The SMILES string of the molecule is Cc1cnc(C(=O)N2CCC(N3C[C@H](O)C[C@H]3C(=O)NC3CCCCC3)CC2)cn1. The number of amides is 2. The molecule has 2 atom stereocenters. The summed E-state index contributed by atoms with van der Waals surface area (Å²) in [6.45, 7) is 3.63. The van der Waals surface area contributed by atoms with Gasteiger partial charge in [0, 0.05) is 37.9 Å². The zero-order valence-electron chi connectivity index (χ0n) is 17.8. The third-order valence-corrected chi connectivity index (χ3v) is 6.79. The minimum Gasteiger partial charge on any atom is -0.392 e. The molecule has 0 bridgehead atoms. The molecule has 3 fully saturated rings. The maximum absolute atomic E-state index is 13.0. The number of carbonyl (C=O) groups is 2. The zero-order valence-corrected chi connectivity index (χ0v) is 17.8. The van der Waals surface area contributed by atoms with E-state index in [9.17, 15) is 14.7 Å². The van der Waals surface area contributed by atoms with Crippen molar-refractivity contribution in [1.82, 2.24) is 25.1 Å². The Morgan fingerprint density at radius 3 is 2.47 bits per heavy atom. The van der Waals surface area contributed by atoms with Crippen molar-refractivity contribution in [1.29, 1.82) is 0 Å². The van der Waals surface area contributed by atoms with Gasteiger partial charge in [-0.1, -0.05) is 19.3 Å². The van der Waals surface area contributed by atoms with Gasteiger partial charge >= 0.3 is 0 Å². The second-order valence-corrected chi connectivity index (χ2v) is 9.01. The van der Waals surface area contributed by atoms with Crippen molar-refractivity contribution in [2.45, 2.75) is 82.5 Å². The Hall–Kier alpha value is -2.06. The molecule has 2 N–H and O–H groups in total. The van der Waals surface area contributed by atoms with Gasteiger partial charge in [-0.15, -0.1) is 0 Å². The molecule has 2 amide bonds. The lowest BCUT2D eigenvalue weighted by atomic mass is 9.95. The van der Waals surface area contributed by atoms with Crippen LogP contribution in [0.1, 0.15) is 67.5 Å². The summed E-state index contributed by atoms with van der Waals surface area (Å²) in [5.74, 6) is -0.0270. The number of nitrogens with one attached hydrogen (secondary N) is 1. The van der Waals surface area contributed by atoms with Gasteiger partial charge in [0.2, 0.25) is 5.91 Å². The highest BCUT2D eigenvalue weighted by Crippen LogP contribution is 2.28. The van der Waals surface area contributed by atoms with Crippen LogP contribution in [0, 0.1) is 6.92 Å². The fourth-order valence-electron chi connectivity index (χ4n) is 5.11. The molecule has 0 spiro atoms. The summed E-state index contributed by atoms with van der Waals surface area (Å²) in [5.41, 5.74) is 1.16. The largest absolute Gasteiger partial charge is 0.392 e. The summed E-state index contributed by atoms with van der Waals surface area (Å²) in [5, 5.41) is 13.5. The number of carbonyl (C=O) groups excluding carboxylic acids is 2. The molecular formula is C22H33N5O3. The average molecular weight is 416 g/mol. The highest BCUT2D eigenvalue weighted by atomic mass is 16.3. The number of hydrogen-bond acceptors (Lipinski definition) is 6. The molecule has 0 radical (unpaired) electrons. The molecule has 2 saturated heterocycles. The number of nitrogens with zero attached hydrogens (tertiary/aromatic N) is 4. The van der Waals surface area contributed by atoms with Crippen LogP contribution >= 0.6 is 0 Å². The number of aliphatic hydroxyl groups is 1. The van der Waals surface area contributed by atoms with Gasteiger partial charge in [0.05, 0.1) is 24.0 Å². The maximum Gasteiger partial charge on any atom is 0.274 e. The lowest BCUT2D eigenvalue weighted by Gasteiger charge is -2.39. The molecule has 8 heteroatoms. The Labute approximate surface area is 178 Å². The number of aromatic nitrogens is 2. The minimum atomic E-state index is -0.463. The Balaban J connectivity index is 1.33. The molecule has 1 saturated carbocycles. The van der Waals surface area contributed by atoms with Crippen LogP contribution in [-0.2, 0) is 4.79 Å². The van der Waals surface area contributed by atoms with E-state index in [0.717, 1.165) is 31.4 Å². The first-order valence-electron chi connectivity index (χ1n) is 11.3. The smallest absolute Gasteiger partial charge is 0.274 e. The topological polar surface area (TPSA) is 98.7 Å². The molecule has 1 aliphatic carbocycles. The van der Waals surface area contributed by atoms with Gasteiger partial charge in [-0.25, -0.2) is 4.98 Å². The Morgan fingerprint density at radius 2 is 1.80 bits per heavy atom. The summed E-state index contributed by atoms with van der Waals surface area (Å²) in [7, 11) is 0. The minimum absolute atomic E-state index is 0.0619. The van der Waals surface area contributed by atoms with Crippen LogP contribution < -0.4 is 5.32 Å². The molecule has 1 aromatic rings. The number of rotatable bonds is 4. The van der Waals surface area contributed by atoms with E-state index < -0.39 is 6.10 Å². The predicted octanol–water partition coefficient (Wildman–Crippen LogP) is 1.27. The van der Waals surface area contributed by atoms with E-state index in [2.05, 4.69) is 20.2 Å². The highest BCUT2D eigenvalue weighted by molar-refractivity contribution is 5.92. The number of hydrogen-bond donors (Lipinski definition) is 2. The summed E-state index contributed by atoms with van der Waals surface area (Å²) in [6, 6.07) is 0.218.